The lowest BCUT2D eigenvalue weighted by atomic mass is 10.2. The second kappa shape index (κ2) is 6.12. The van der Waals surface area contributed by atoms with Gasteiger partial charge in [-0.25, -0.2) is 10.8 Å². The standard InChI is InChI=1S/C14H17N5O/c1-9-4-3-5-12(17-9)8-16-14(20)11-6-10(2)18-13(7-11)19-15/h3-7H,8,15H2,1-2H3,(H,16,20)(H,18,19). The number of hydrogen-bond donors (Lipinski definition) is 3. The second-order valence-electron chi connectivity index (χ2n) is 4.48. The highest BCUT2D eigenvalue weighted by molar-refractivity contribution is 5.94. The topological polar surface area (TPSA) is 92.9 Å². The smallest absolute Gasteiger partial charge is 0.251 e. The van der Waals surface area contributed by atoms with Crippen LogP contribution in [0.25, 0.3) is 0 Å². The molecule has 0 saturated heterocycles. The van der Waals surface area contributed by atoms with Crippen LogP contribution in [0, 0.1) is 13.8 Å². The molecule has 2 rings (SSSR count). The van der Waals surface area contributed by atoms with Crippen molar-refractivity contribution >= 4 is 11.7 Å². The number of hydrazine groups is 1. The van der Waals surface area contributed by atoms with E-state index in [2.05, 4.69) is 20.7 Å². The van der Waals surface area contributed by atoms with Crippen molar-refractivity contribution in [3.8, 4) is 0 Å². The van der Waals surface area contributed by atoms with Crippen molar-refractivity contribution in [2.45, 2.75) is 20.4 Å². The lowest BCUT2D eigenvalue weighted by molar-refractivity contribution is 0.0950. The van der Waals surface area contributed by atoms with Crippen LogP contribution < -0.4 is 16.6 Å². The van der Waals surface area contributed by atoms with Gasteiger partial charge in [0.2, 0.25) is 0 Å². The molecule has 0 bridgehead atoms. The molecular formula is C14H17N5O. The molecule has 0 spiro atoms. The Kier molecular flexibility index (Phi) is 4.27. The number of rotatable bonds is 4. The van der Waals surface area contributed by atoms with Crippen molar-refractivity contribution in [3.63, 3.8) is 0 Å². The van der Waals surface area contributed by atoms with Crippen molar-refractivity contribution in [2.75, 3.05) is 5.43 Å². The summed E-state index contributed by atoms with van der Waals surface area (Å²) >= 11 is 0. The quantitative estimate of drug-likeness (QED) is 0.576. The normalized spacial score (nSPS) is 10.2. The molecule has 2 heterocycles. The maximum atomic E-state index is 12.1. The zero-order chi connectivity index (χ0) is 14.5. The third-order valence-corrected chi connectivity index (χ3v) is 2.74. The Labute approximate surface area is 117 Å². The van der Waals surface area contributed by atoms with Gasteiger partial charge in [-0.15, -0.1) is 0 Å². The molecule has 0 radical (unpaired) electrons. The third kappa shape index (κ3) is 3.52. The third-order valence-electron chi connectivity index (χ3n) is 2.74. The van der Waals surface area contributed by atoms with Gasteiger partial charge in [-0.1, -0.05) is 6.07 Å². The SMILES string of the molecule is Cc1cccc(CNC(=O)c2cc(C)nc(NN)c2)n1. The van der Waals surface area contributed by atoms with Crippen LogP contribution in [-0.2, 0) is 6.54 Å². The van der Waals surface area contributed by atoms with E-state index in [-0.39, 0.29) is 5.91 Å². The first-order valence-electron chi connectivity index (χ1n) is 6.24. The van der Waals surface area contributed by atoms with Crippen molar-refractivity contribution in [3.05, 3.63) is 53.0 Å². The van der Waals surface area contributed by atoms with Gasteiger partial charge in [-0.05, 0) is 38.1 Å². The Morgan fingerprint density at radius 1 is 1.20 bits per heavy atom. The molecule has 2 aromatic heterocycles. The van der Waals surface area contributed by atoms with Crippen LogP contribution in [0.4, 0.5) is 5.82 Å². The maximum Gasteiger partial charge on any atom is 0.251 e. The Balaban J connectivity index is 2.07. The molecule has 104 valence electrons. The largest absolute Gasteiger partial charge is 0.346 e. The van der Waals surface area contributed by atoms with Gasteiger partial charge in [0, 0.05) is 17.0 Å². The predicted octanol–water partition coefficient (Wildman–Crippen LogP) is 1.31. The monoisotopic (exact) mass is 271 g/mol. The van der Waals surface area contributed by atoms with Crippen LogP contribution in [-0.4, -0.2) is 15.9 Å². The molecular weight excluding hydrogens is 254 g/mol. The molecule has 0 aliphatic heterocycles. The number of carbonyl (C=O) groups excluding carboxylic acids is 1. The first-order chi connectivity index (χ1) is 9.58. The number of nitrogens with two attached hydrogens (primary N) is 1. The van der Waals surface area contributed by atoms with Crippen LogP contribution in [0.2, 0.25) is 0 Å². The Morgan fingerprint density at radius 3 is 2.70 bits per heavy atom. The molecule has 2 aromatic rings. The fourth-order valence-corrected chi connectivity index (χ4v) is 1.84. The molecule has 0 aliphatic rings. The van der Waals surface area contributed by atoms with Gasteiger partial charge in [-0.2, -0.15) is 0 Å². The predicted molar refractivity (Wildman–Crippen MR) is 76.9 cm³/mol. The molecule has 1 amide bonds. The number of nitrogens with zero attached hydrogens (tertiary/aromatic N) is 2. The summed E-state index contributed by atoms with van der Waals surface area (Å²) in [4.78, 5) is 20.6. The fourth-order valence-electron chi connectivity index (χ4n) is 1.84. The van der Waals surface area contributed by atoms with E-state index in [1.807, 2.05) is 25.1 Å². The molecule has 6 heteroatoms. The summed E-state index contributed by atoms with van der Waals surface area (Å²) in [5, 5.41) is 2.82. The zero-order valence-corrected chi connectivity index (χ0v) is 11.5. The summed E-state index contributed by atoms with van der Waals surface area (Å²) in [7, 11) is 0. The molecule has 0 fully saturated rings. The van der Waals surface area contributed by atoms with E-state index < -0.39 is 0 Å². The molecule has 0 unspecified atom stereocenters. The van der Waals surface area contributed by atoms with E-state index >= 15 is 0 Å². The number of aromatic nitrogens is 2. The molecule has 4 N–H and O–H groups in total. The van der Waals surface area contributed by atoms with Crippen LogP contribution >= 0.6 is 0 Å². The van der Waals surface area contributed by atoms with Crippen LogP contribution in [0.3, 0.4) is 0 Å². The molecule has 0 saturated carbocycles. The van der Waals surface area contributed by atoms with Gasteiger partial charge >= 0.3 is 0 Å². The molecule has 0 aromatic carbocycles. The molecule has 0 aliphatic carbocycles. The Hall–Kier alpha value is -2.47. The lowest BCUT2D eigenvalue weighted by Crippen LogP contribution is -2.24. The van der Waals surface area contributed by atoms with Crippen molar-refractivity contribution < 1.29 is 4.79 Å². The number of anilines is 1. The Morgan fingerprint density at radius 2 is 2.00 bits per heavy atom. The van der Waals surface area contributed by atoms with Gasteiger partial charge in [0.1, 0.15) is 5.82 Å². The number of nitrogens with one attached hydrogen (secondary N) is 2. The molecule has 6 nitrogen and oxygen atoms in total. The highest BCUT2D eigenvalue weighted by Gasteiger charge is 2.08. The minimum Gasteiger partial charge on any atom is -0.346 e. The minimum atomic E-state index is -0.185. The first kappa shape index (κ1) is 14.0. The maximum absolute atomic E-state index is 12.1. The van der Waals surface area contributed by atoms with E-state index in [1.165, 1.54) is 0 Å². The fraction of sp³-hybridized carbons (Fsp3) is 0.214. The number of amides is 1. The summed E-state index contributed by atoms with van der Waals surface area (Å²) in [6, 6.07) is 9.01. The number of aryl methyl sites for hydroxylation is 2. The van der Waals surface area contributed by atoms with E-state index in [1.54, 1.807) is 19.1 Å². The van der Waals surface area contributed by atoms with E-state index in [9.17, 15) is 4.79 Å². The van der Waals surface area contributed by atoms with Gasteiger partial charge < -0.3 is 10.7 Å². The summed E-state index contributed by atoms with van der Waals surface area (Å²) in [6.07, 6.45) is 0. The van der Waals surface area contributed by atoms with E-state index in [0.29, 0.717) is 17.9 Å². The van der Waals surface area contributed by atoms with Gasteiger partial charge in [0.15, 0.2) is 0 Å². The molecule has 0 atom stereocenters. The average Bonchev–Trinajstić information content (AvgIpc) is 2.44. The van der Waals surface area contributed by atoms with Crippen molar-refractivity contribution in [1.29, 1.82) is 0 Å². The zero-order valence-electron chi connectivity index (χ0n) is 11.5. The summed E-state index contributed by atoms with van der Waals surface area (Å²) < 4.78 is 0. The van der Waals surface area contributed by atoms with Crippen LogP contribution in [0.1, 0.15) is 27.4 Å². The van der Waals surface area contributed by atoms with Crippen molar-refractivity contribution in [1.82, 2.24) is 15.3 Å². The number of pyridine rings is 2. The van der Waals surface area contributed by atoms with E-state index in [4.69, 9.17) is 5.84 Å². The number of nitrogen functional groups attached to an aromatic ring is 1. The van der Waals surface area contributed by atoms with E-state index in [0.717, 1.165) is 17.1 Å². The minimum absolute atomic E-state index is 0.185. The van der Waals surface area contributed by atoms with Gasteiger partial charge in [-0.3, -0.25) is 9.78 Å². The highest BCUT2D eigenvalue weighted by atomic mass is 16.1. The Bertz CT molecular complexity index is 627. The molecule has 20 heavy (non-hydrogen) atoms. The highest BCUT2D eigenvalue weighted by Crippen LogP contribution is 2.09. The van der Waals surface area contributed by atoms with Gasteiger partial charge in [0.05, 0.1) is 12.2 Å². The van der Waals surface area contributed by atoms with Crippen molar-refractivity contribution in [2.24, 2.45) is 5.84 Å². The summed E-state index contributed by atoms with van der Waals surface area (Å²) in [5.41, 5.74) is 5.42. The number of carbonyl (C=O) groups is 1. The van der Waals surface area contributed by atoms with Crippen LogP contribution in [0.15, 0.2) is 30.3 Å². The first-order valence-corrected chi connectivity index (χ1v) is 6.24. The van der Waals surface area contributed by atoms with Crippen LogP contribution in [0.5, 0.6) is 0 Å². The van der Waals surface area contributed by atoms with Gasteiger partial charge in [0.25, 0.3) is 5.91 Å². The second-order valence-corrected chi connectivity index (χ2v) is 4.48. The summed E-state index contributed by atoms with van der Waals surface area (Å²) in [6.45, 7) is 4.10. The summed E-state index contributed by atoms with van der Waals surface area (Å²) in [5.74, 6) is 5.59. The number of hydrogen-bond acceptors (Lipinski definition) is 5. The average molecular weight is 271 g/mol. The lowest BCUT2D eigenvalue weighted by Gasteiger charge is -2.08.